The van der Waals surface area contributed by atoms with E-state index < -0.39 is 10.0 Å². The number of hydrogen-bond donors (Lipinski definition) is 3. The monoisotopic (exact) mass is 534 g/mol. The minimum Gasteiger partial charge on any atom is -0.393 e. The lowest BCUT2D eigenvalue weighted by Crippen LogP contribution is -2.22. The lowest BCUT2D eigenvalue weighted by Gasteiger charge is -2.25. The summed E-state index contributed by atoms with van der Waals surface area (Å²) >= 11 is 0. The Morgan fingerprint density at radius 2 is 1.74 bits per heavy atom. The van der Waals surface area contributed by atoms with Crippen molar-refractivity contribution in [1.29, 1.82) is 0 Å². The highest BCUT2D eigenvalue weighted by Crippen LogP contribution is 2.35. The second-order valence-corrected chi connectivity index (χ2v) is 11.6. The lowest BCUT2D eigenvalue weighted by atomic mass is 9.93. The van der Waals surface area contributed by atoms with E-state index in [4.69, 9.17) is 10.1 Å². The van der Waals surface area contributed by atoms with E-state index in [0.717, 1.165) is 72.9 Å². The van der Waals surface area contributed by atoms with Gasteiger partial charge in [0.15, 0.2) is 5.65 Å². The molecule has 200 valence electrons. The van der Waals surface area contributed by atoms with Gasteiger partial charge in [-0.3, -0.25) is 4.72 Å². The number of hydrogen-bond acceptors (Lipinski definition) is 7. The number of rotatable bonds is 9. The highest BCUT2D eigenvalue weighted by atomic mass is 32.2. The zero-order chi connectivity index (χ0) is 26.7. The maximum Gasteiger partial charge on any atom is 0.261 e. The topological polar surface area (TPSA) is 122 Å². The molecule has 1 aliphatic carbocycles. The molecule has 38 heavy (non-hydrogen) atoms. The number of sulfonamides is 1. The fourth-order valence-corrected chi connectivity index (χ4v) is 5.84. The van der Waals surface area contributed by atoms with Crippen LogP contribution in [0, 0.1) is 6.92 Å². The lowest BCUT2D eigenvalue weighted by molar-refractivity contribution is 0.109. The zero-order valence-electron chi connectivity index (χ0n) is 21.8. The minimum atomic E-state index is -3.69. The van der Waals surface area contributed by atoms with Gasteiger partial charge in [0.1, 0.15) is 5.69 Å². The van der Waals surface area contributed by atoms with Crippen LogP contribution in [0.5, 0.6) is 0 Å². The Hall–Kier alpha value is -3.50. The molecule has 10 heteroatoms. The Morgan fingerprint density at radius 3 is 2.42 bits per heavy atom. The van der Waals surface area contributed by atoms with Crippen molar-refractivity contribution in [3.8, 4) is 11.3 Å². The number of anilines is 2. The summed E-state index contributed by atoms with van der Waals surface area (Å²) < 4.78 is 30.2. The highest BCUT2D eigenvalue weighted by Gasteiger charge is 2.25. The van der Waals surface area contributed by atoms with Crippen molar-refractivity contribution < 1.29 is 13.5 Å². The summed E-state index contributed by atoms with van der Waals surface area (Å²) in [5, 5.41) is 19.1. The third kappa shape index (κ3) is 5.66. The summed E-state index contributed by atoms with van der Waals surface area (Å²) in [6.07, 6.45) is 6.81. The minimum absolute atomic E-state index is 0.147. The Morgan fingerprint density at radius 1 is 1.03 bits per heavy atom. The van der Waals surface area contributed by atoms with Crippen molar-refractivity contribution >= 4 is 32.7 Å². The van der Waals surface area contributed by atoms with Crippen LogP contribution in [0.25, 0.3) is 22.3 Å². The van der Waals surface area contributed by atoms with Crippen LogP contribution in [-0.4, -0.2) is 45.9 Å². The van der Waals surface area contributed by atoms with Crippen molar-refractivity contribution in [3.63, 3.8) is 0 Å². The molecule has 3 N–H and O–H groups in total. The van der Waals surface area contributed by atoms with Gasteiger partial charge in [0.2, 0.25) is 5.95 Å². The van der Waals surface area contributed by atoms with Gasteiger partial charge < -0.3 is 10.4 Å². The van der Waals surface area contributed by atoms with Gasteiger partial charge in [-0.2, -0.15) is 10.1 Å². The van der Waals surface area contributed by atoms with E-state index in [0.29, 0.717) is 11.6 Å². The molecule has 9 nitrogen and oxygen atoms in total. The molecule has 0 radical (unpaired) electrons. The summed E-state index contributed by atoms with van der Waals surface area (Å²) in [6, 6.07) is 14.1. The molecule has 0 atom stereocenters. The molecule has 1 aliphatic rings. The Labute approximate surface area is 223 Å². The van der Waals surface area contributed by atoms with Crippen molar-refractivity contribution in [2.75, 3.05) is 16.6 Å². The first-order chi connectivity index (χ1) is 18.3. The summed E-state index contributed by atoms with van der Waals surface area (Å²) in [5.74, 6) is 0.579. The second-order valence-electron chi connectivity index (χ2n) is 9.96. The van der Waals surface area contributed by atoms with Crippen molar-refractivity contribution in [1.82, 2.24) is 19.7 Å². The quantitative estimate of drug-likeness (QED) is 0.249. The van der Waals surface area contributed by atoms with E-state index in [2.05, 4.69) is 21.9 Å². The fourth-order valence-electron chi connectivity index (χ4n) is 4.78. The third-order valence-corrected chi connectivity index (χ3v) is 8.41. The number of aryl methyl sites for hydroxylation is 1. The van der Waals surface area contributed by atoms with Gasteiger partial charge in [-0.1, -0.05) is 43.2 Å². The van der Waals surface area contributed by atoms with E-state index in [-0.39, 0.29) is 17.0 Å². The molecule has 0 aliphatic heterocycles. The summed E-state index contributed by atoms with van der Waals surface area (Å²) in [7, 11) is -3.69. The van der Waals surface area contributed by atoms with Gasteiger partial charge in [-0.05, 0) is 63.3 Å². The third-order valence-electron chi connectivity index (χ3n) is 7.02. The predicted octanol–water partition coefficient (Wildman–Crippen LogP) is 5.29. The molecule has 1 saturated carbocycles. The summed E-state index contributed by atoms with van der Waals surface area (Å²) in [6.45, 7) is 4.86. The number of aliphatic hydroxyl groups excluding tert-OH is 1. The maximum atomic E-state index is 12.8. The van der Waals surface area contributed by atoms with Crippen molar-refractivity contribution in [3.05, 3.63) is 60.3 Å². The van der Waals surface area contributed by atoms with Gasteiger partial charge in [-0.15, -0.1) is 0 Å². The van der Waals surface area contributed by atoms with E-state index in [9.17, 15) is 13.5 Å². The number of nitrogens with zero attached hydrogens (tertiary/aromatic N) is 4. The predicted molar refractivity (Wildman–Crippen MR) is 150 cm³/mol. The van der Waals surface area contributed by atoms with Crippen LogP contribution in [0.15, 0.2) is 59.6 Å². The largest absolute Gasteiger partial charge is 0.393 e. The Balaban J connectivity index is 1.45. The molecule has 2 aromatic heterocycles. The Bertz CT molecular complexity index is 1490. The standard InChI is InChI=1S/C28H34N6O3S/c1-3-4-17-29-28-30-18-25-26(32-34(27(25)31-28)22-11-13-23(35)14-12-22)20-7-9-21(10-8-20)33-38(36,37)24-15-5-19(2)6-16-24/h5-10,15-16,18,22-23,33,35H,3-4,11-14,17H2,1-2H3,(H,29,30,31)/t22-,23-. The average molecular weight is 535 g/mol. The van der Waals surface area contributed by atoms with E-state index >= 15 is 0 Å². The van der Waals surface area contributed by atoms with Crippen LogP contribution >= 0.6 is 0 Å². The summed E-state index contributed by atoms with van der Waals surface area (Å²) in [4.78, 5) is 9.57. The van der Waals surface area contributed by atoms with E-state index in [1.165, 1.54) is 0 Å². The molecule has 2 heterocycles. The molecule has 0 saturated heterocycles. The molecule has 4 aromatic rings. The van der Waals surface area contributed by atoms with Gasteiger partial charge in [0, 0.05) is 24.0 Å². The number of aromatic nitrogens is 4. The van der Waals surface area contributed by atoms with Crippen LogP contribution in [0.4, 0.5) is 11.6 Å². The molecule has 5 rings (SSSR count). The zero-order valence-corrected chi connectivity index (χ0v) is 22.6. The first-order valence-electron chi connectivity index (χ1n) is 13.2. The normalized spacial score (nSPS) is 18.0. The summed E-state index contributed by atoms with van der Waals surface area (Å²) in [5.41, 5.74) is 3.83. The number of nitrogens with one attached hydrogen (secondary N) is 2. The maximum absolute atomic E-state index is 12.8. The molecule has 2 aromatic carbocycles. The van der Waals surface area contributed by atoms with Gasteiger partial charge in [-0.25, -0.2) is 18.1 Å². The average Bonchev–Trinajstić information content (AvgIpc) is 3.29. The molecule has 0 bridgehead atoms. The van der Waals surface area contributed by atoms with Gasteiger partial charge in [0.25, 0.3) is 10.0 Å². The van der Waals surface area contributed by atoms with Gasteiger partial charge >= 0.3 is 0 Å². The smallest absolute Gasteiger partial charge is 0.261 e. The molecule has 0 spiro atoms. The van der Waals surface area contributed by atoms with Crippen LogP contribution in [0.3, 0.4) is 0 Å². The highest BCUT2D eigenvalue weighted by molar-refractivity contribution is 7.92. The molecular formula is C28H34N6O3S. The van der Waals surface area contributed by atoms with Gasteiger partial charge in [0.05, 0.1) is 22.4 Å². The van der Waals surface area contributed by atoms with Crippen molar-refractivity contribution in [2.24, 2.45) is 0 Å². The van der Waals surface area contributed by atoms with Crippen molar-refractivity contribution in [2.45, 2.75) is 69.4 Å². The fraction of sp³-hybridized carbons (Fsp3) is 0.393. The second kappa shape index (κ2) is 11.1. The molecule has 0 amide bonds. The molecule has 1 fully saturated rings. The first kappa shape index (κ1) is 26.1. The van der Waals surface area contributed by atoms with Crippen LogP contribution in [-0.2, 0) is 10.0 Å². The van der Waals surface area contributed by atoms with E-state index in [1.807, 2.05) is 23.7 Å². The number of fused-ring (bicyclic) bond motifs is 1. The number of benzene rings is 2. The number of aliphatic hydroxyl groups is 1. The van der Waals surface area contributed by atoms with Crippen LogP contribution in [0.2, 0.25) is 0 Å². The van der Waals surface area contributed by atoms with Crippen LogP contribution in [0.1, 0.15) is 57.1 Å². The number of unbranched alkanes of at least 4 members (excludes halogenated alkanes) is 1. The Kier molecular flexibility index (Phi) is 7.62. The molecule has 0 unspecified atom stereocenters. The first-order valence-corrected chi connectivity index (χ1v) is 14.7. The van der Waals surface area contributed by atoms with E-state index in [1.54, 1.807) is 42.6 Å². The molecular weight excluding hydrogens is 500 g/mol. The van der Waals surface area contributed by atoms with Crippen LogP contribution < -0.4 is 10.0 Å². The SMILES string of the molecule is CCCCNc1ncc2c(-c3ccc(NS(=O)(=O)c4ccc(C)cc4)cc3)nn([C@H]3CC[C@H](O)CC3)c2n1.